The summed E-state index contributed by atoms with van der Waals surface area (Å²) >= 11 is 0. The second-order valence-electron chi connectivity index (χ2n) is 3.89. The molecule has 15 heavy (non-hydrogen) atoms. The standard InChI is InChI=1S/C12H19FN2/c1-10-5-4-6-11(12(10)13)9-15(3)8-7-14-2/h4-6,14H,7-9H2,1-3H3. The first kappa shape index (κ1) is 12.1. The molecule has 0 amide bonds. The van der Waals surface area contributed by atoms with E-state index in [1.165, 1.54) is 0 Å². The third-order valence-electron chi connectivity index (χ3n) is 2.46. The van der Waals surface area contributed by atoms with Crippen molar-refractivity contribution in [3.63, 3.8) is 0 Å². The van der Waals surface area contributed by atoms with Gasteiger partial charge in [0.15, 0.2) is 0 Å². The summed E-state index contributed by atoms with van der Waals surface area (Å²) in [5, 5.41) is 3.07. The lowest BCUT2D eigenvalue weighted by Gasteiger charge is -2.17. The van der Waals surface area contributed by atoms with Gasteiger partial charge in [-0.3, -0.25) is 0 Å². The highest BCUT2D eigenvalue weighted by molar-refractivity contribution is 5.24. The van der Waals surface area contributed by atoms with Gasteiger partial charge in [0.05, 0.1) is 0 Å². The maximum Gasteiger partial charge on any atom is 0.130 e. The van der Waals surface area contributed by atoms with Gasteiger partial charge < -0.3 is 10.2 Å². The van der Waals surface area contributed by atoms with Crippen LogP contribution in [0.1, 0.15) is 11.1 Å². The summed E-state index contributed by atoms with van der Waals surface area (Å²) in [6, 6.07) is 5.55. The first-order chi connectivity index (χ1) is 7.15. The lowest BCUT2D eigenvalue weighted by Crippen LogP contribution is -2.27. The van der Waals surface area contributed by atoms with Gasteiger partial charge in [-0.2, -0.15) is 0 Å². The summed E-state index contributed by atoms with van der Waals surface area (Å²) in [4.78, 5) is 2.11. The SMILES string of the molecule is CNCCN(C)Cc1cccc(C)c1F. The van der Waals surface area contributed by atoms with Gasteiger partial charge in [0.1, 0.15) is 5.82 Å². The van der Waals surface area contributed by atoms with Crippen molar-refractivity contribution < 1.29 is 4.39 Å². The van der Waals surface area contributed by atoms with Crippen molar-refractivity contribution in [1.29, 1.82) is 0 Å². The van der Waals surface area contributed by atoms with Gasteiger partial charge in [0.2, 0.25) is 0 Å². The monoisotopic (exact) mass is 210 g/mol. The Morgan fingerprint density at radius 3 is 2.80 bits per heavy atom. The van der Waals surface area contributed by atoms with Crippen molar-refractivity contribution >= 4 is 0 Å². The molecule has 0 aliphatic rings. The Morgan fingerprint density at radius 2 is 2.13 bits per heavy atom. The van der Waals surface area contributed by atoms with Gasteiger partial charge >= 0.3 is 0 Å². The third kappa shape index (κ3) is 3.61. The highest BCUT2D eigenvalue weighted by Crippen LogP contribution is 2.13. The molecule has 0 aromatic heterocycles. The van der Waals surface area contributed by atoms with Crippen LogP contribution in [0.4, 0.5) is 4.39 Å². The molecule has 1 rings (SSSR count). The largest absolute Gasteiger partial charge is 0.318 e. The Kier molecular flexibility index (Phi) is 4.72. The summed E-state index contributed by atoms with van der Waals surface area (Å²) < 4.78 is 13.6. The predicted molar refractivity (Wildman–Crippen MR) is 61.4 cm³/mol. The Bertz CT molecular complexity index is 312. The van der Waals surface area contributed by atoms with Crippen molar-refractivity contribution in [2.75, 3.05) is 27.2 Å². The molecule has 0 aliphatic heterocycles. The van der Waals surface area contributed by atoms with Gasteiger partial charge in [-0.05, 0) is 26.6 Å². The topological polar surface area (TPSA) is 15.3 Å². The molecule has 0 aliphatic carbocycles. The van der Waals surface area contributed by atoms with E-state index in [9.17, 15) is 4.39 Å². The molecule has 0 saturated carbocycles. The molecule has 0 radical (unpaired) electrons. The van der Waals surface area contributed by atoms with Gasteiger partial charge in [-0.15, -0.1) is 0 Å². The van der Waals surface area contributed by atoms with Gasteiger partial charge in [0, 0.05) is 25.2 Å². The van der Waals surface area contributed by atoms with Gasteiger partial charge in [-0.25, -0.2) is 4.39 Å². The predicted octanol–water partition coefficient (Wildman–Crippen LogP) is 1.79. The van der Waals surface area contributed by atoms with E-state index in [4.69, 9.17) is 0 Å². The second-order valence-corrected chi connectivity index (χ2v) is 3.89. The van der Waals surface area contributed by atoms with E-state index in [1.807, 2.05) is 26.2 Å². The van der Waals surface area contributed by atoms with Crippen LogP contribution < -0.4 is 5.32 Å². The van der Waals surface area contributed by atoms with Gasteiger partial charge in [0.25, 0.3) is 0 Å². The minimum absolute atomic E-state index is 0.0752. The van der Waals surface area contributed by atoms with E-state index >= 15 is 0 Å². The smallest absolute Gasteiger partial charge is 0.130 e. The number of benzene rings is 1. The van der Waals surface area contributed by atoms with Crippen molar-refractivity contribution in [3.8, 4) is 0 Å². The molecule has 1 aromatic carbocycles. The molecule has 0 heterocycles. The van der Waals surface area contributed by atoms with Crippen LogP contribution in [0, 0.1) is 12.7 Å². The fourth-order valence-electron chi connectivity index (χ4n) is 1.50. The summed E-state index contributed by atoms with van der Waals surface area (Å²) in [5.74, 6) is -0.0752. The number of hydrogen-bond donors (Lipinski definition) is 1. The van der Waals surface area contributed by atoms with E-state index in [0.29, 0.717) is 6.54 Å². The molecule has 0 bridgehead atoms. The third-order valence-corrected chi connectivity index (χ3v) is 2.46. The van der Waals surface area contributed by atoms with Crippen LogP contribution in [0.3, 0.4) is 0 Å². The zero-order valence-corrected chi connectivity index (χ0v) is 9.68. The molecule has 0 spiro atoms. The molecule has 3 heteroatoms. The highest BCUT2D eigenvalue weighted by atomic mass is 19.1. The number of nitrogens with one attached hydrogen (secondary N) is 1. The molecule has 84 valence electrons. The van der Waals surface area contributed by atoms with Gasteiger partial charge in [-0.1, -0.05) is 18.2 Å². The summed E-state index contributed by atoms with van der Waals surface area (Å²) in [5.41, 5.74) is 1.49. The van der Waals surface area contributed by atoms with E-state index in [2.05, 4.69) is 10.2 Å². The van der Waals surface area contributed by atoms with Crippen molar-refractivity contribution in [2.24, 2.45) is 0 Å². The van der Waals surface area contributed by atoms with Crippen LogP contribution >= 0.6 is 0 Å². The molecule has 0 unspecified atom stereocenters. The molecule has 1 N–H and O–H groups in total. The fraction of sp³-hybridized carbons (Fsp3) is 0.500. The molecule has 0 atom stereocenters. The number of aryl methyl sites for hydroxylation is 1. The number of nitrogens with zero attached hydrogens (tertiary/aromatic N) is 1. The zero-order chi connectivity index (χ0) is 11.3. The van der Waals surface area contributed by atoms with Crippen LogP contribution in [0.25, 0.3) is 0 Å². The minimum atomic E-state index is -0.0752. The van der Waals surface area contributed by atoms with Crippen LogP contribution in [0.2, 0.25) is 0 Å². The molecule has 2 nitrogen and oxygen atoms in total. The fourth-order valence-corrected chi connectivity index (χ4v) is 1.50. The summed E-state index contributed by atoms with van der Waals surface area (Å²) in [6.07, 6.45) is 0. The first-order valence-corrected chi connectivity index (χ1v) is 5.22. The van der Waals surface area contributed by atoms with Crippen molar-refractivity contribution in [3.05, 3.63) is 35.1 Å². The molecular weight excluding hydrogens is 191 g/mol. The quantitative estimate of drug-likeness (QED) is 0.797. The van der Waals surface area contributed by atoms with E-state index in [1.54, 1.807) is 13.0 Å². The summed E-state index contributed by atoms with van der Waals surface area (Å²) in [7, 11) is 3.92. The van der Waals surface area contributed by atoms with E-state index in [-0.39, 0.29) is 5.82 Å². The van der Waals surface area contributed by atoms with E-state index < -0.39 is 0 Å². The number of rotatable bonds is 5. The summed E-state index contributed by atoms with van der Waals surface area (Å²) in [6.45, 7) is 4.30. The Morgan fingerprint density at radius 1 is 1.40 bits per heavy atom. The highest BCUT2D eigenvalue weighted by Gasteiger charge is 2.06. The Labute approximate surface area is 91.1 Å². The van der Waals surface area contributed by atoms with Crippen LogP contribution in [0.5, 0.6) is 0 Å². The Balaban J connectivity index is 2.60. The van der Waals surface area contributed by atoms with Crippen LogP contribution in [-0.4, -0.2) is 32.1 Å². The molecule has 0 saturated heterocycles. The van der Waals surface area contributed by atoms with Crippen molar-refractivity contribution in [1.82, 2.24) is 10.2 Å². The molecular formula is C12H19FN2. The van der Waals surface area contributed by atoms with E-state index in [0.717, 1.165) is 24.2 Å². The lowest BCUT2D eigenvalue weighted by atomic mass is 10.1. The molecule has 1 aromatic rings. The number of halogens is 1. The lowest BCUT2D eigenvalue weighted by molar-refractivity contribution is 0.322. The zero-order valence-electron chi connectivity index (χ0n) is 9.68. The van der Waals surface area contributed by atoms with Crippen LogP contribution in [0.15, 0.2) is 18.2 Å². The average molecular weight is 210 g/mol. The normalized spacial score (nSPS) is 11.0. The number of likely N-dealkylation sites (N-methyl/N-ethyl adjacent to an activating group) is 2. The van der Waals surface area contributed by atoms with Crippen molar-refractivity contribution in [2.45, 2.75) is 13.5 Å². The minimum Gasteiger partial charge on any atom is -0.318 e. The maximum absolute atomic E-state index is 13.6. The number of hydrogen-bond acceptors (Lipinski definition) is 2. The van der Waals surface area contributed by atoms with Crippen LogP contribution in [-0.2, 0) is 6.54 Å². The Hall–Kier alpha value is -0.930. The maximum atomic E-state index is 13.6. The molecule has 0 fully saturated rings. The first-order valence-electron chi connectivity index (χ1n) is 5.22. The average Bonchev–Trinajstić information content (AvgIpc) is 2.22. The second kappa shape index (κ2) is 5.83.